The summed E-state index contributed by atoms with van der Waals surface area (Å²) in [6.45, 7) is 11.9. The molecule has 1 aromatic carbocycles. The minimum absolute atomic E-state index is 0.0191. The average molecular weight is 547 g/mol. The molecule has 3 aliphatic heterocycles. The number of rotatable bonds is 9. The first-order valence-corrected chi connectivity index (χ1v) is 15.1. The van der Waals surface area contributed by atoms with Gasteiger partial charge in [0.1, 0.15) is 11.6 Å². The van der Waals surface area contributed by atoms with Crippen LogP contribution in [-0.2, 0) is 17.8 Å². The lowest BCUT2D eigenvalue weighted by atomic mass is 10.0. The molecule has 6 rings (SSSR count). The van der Waals surface area contributed by atoms with Crippen molar-refractivity contribution < 1.29 is 14.6 Å². The van der Waals surface area contributed by atoms with E-state index in [4.69, 9.17) is 14.7 Å². The van der Waals surface area contributed by atoms with Gasteiger partial charge in [0.15, 0.2) is 0 Å². The zero-order chi connectivity index (χ0) is 27.5. The van der Waals surface area contributed by atoms with Crippen LogP contribution in [0.1, 0.15) is 61.3 Å². The predicted molar refractivity (Wildman–Crippen MR) is 156 cm³/mol. The molecule has 1 aromatic heterocycles. The van der Waals surface area contributed by atoms with Crippen molar-refractivity contribution in [1.82, 2.24) is 19.8 Å². The fourth-order valence-corrected chi connectivity index (χ4v) is 6.29. The molecule has 40 heavy (non-hydrogen) atoms. The van der Waals surface area contributed by atoms with Crippen LogP contribution in [0.3, 0.4) is 0 Å². The number of likely N-dealkylation sites (tertiary alicyclic amines) is 1. The van der Waals surface area contributed by atoms with Gasteiger partial charge in [-0.25, -0.2) is 0 Å². The minimum Gasteiger partial charge on any atom is -0.508 e. The van der Waals surface area contributed by atoms with E-state index < -0.39 is 0 Å². The summed E-state index contributed by atoms with van der Waals surface area (Å²) in [5, 5.41) is 10.4. The van der Waals surface area contributed by atoms with Crippen LogP contribution >= 0.6 is 0 Å². The second-order valence-corrected chi connectivity index (χ2v) is 11.6. The summed E-state index contributed by atoms with van der Waals surface area (Å²) in [6.07, 6.45) is 9.50. The van der Waals surface area contributed by atoms with Crippen molar-refractivity contribution in [2.24, 2.45) is 0 Å². The van der Waals surface area contributed by atoms with E-state index in [1.54, 1.807) is 0 Å². The molecule has 4 aliphatic rings. The maximum atomic E-state index is 12.1. The highest BCUT2D eigenvalue weighted by Gasteiger charge is 2.30. The van der Waals surface area contributed by atoms with Crippen LogP contribution in [0, 0.1) is 0 Å². The van der Waals surface area contributed by atoms with E-state index in [0.717, 1.165) is 56.2 Å². The molecule has 2 aromatic rings. The van der Waals surface area contributed by atoms with Crippen molar-refractivity contribution in [3.8, 4) is 11.8 Å². The smallest absolute Gasteiger partial charge is 0.318 e. The number of aromatic hydroxyl groups is 1. The van der Waals surface area contributed by atoms with E-state index in [-0.39, 0.29) is 5.91 Å². The molecule has 1 aliphatic carbocycles. The van der Waals surface area contributed by atoms with Crippen molar-refractivity contribution in [1.29, 1.82) is 0 Å². The zero-order valence-corrected chi connectivity index (χ0v) is 23.6. The number of phenols is 1. The Hall–Kier alpha value is -3.33. The lowest BCUT2D eigenvalue weighted by molar-refractivity contribution is -0.126. The van der Waals surface area contributed by atoms with Gasteiger partial charge in [0.25, 0.3) is 0 Å². The van der Waals surface area contributed by atoms with Crippen LogP contribution in [0.15, 0.2) is 30.9 Å². The van der Waals surface area contributed by atoms with Gasteiger partial charge in [-0.15, -0.1) is 0 Å². The molecule has 214 valence electrons. The summed E-state index contributed by atoms with van der Waals surface area (Å²) in [4.78, 5) is 31.0. The fourth-order valence-electron chi connectivity index (χ4n) is 6.29. The highest BCUT2D eigenvalue weighted by atomic mass is 16.5. The van der Waals surface area contributed by atoms with Crippen LogP contribution < -0.4 is 14.5 Å². The van der Waals surface area contributed by atoms with Crippen LogP contribution in [0.25, 0.3) is 0 Å². The Morgan fingerprint density at radius 2 is 1.80 bits per heavy atom. The van der Waals surface area contributed by atoms with Crippen LogP contribution in [-0.4, -0.2) is 89.7 Å². The molecule has 2 saturated heterocycles. The number of amides is 1. The number of hydrogen-bond acceptors (Lipinski definition) is 8. The summed E-state index contributed by atoms with van der Waals surface area (Å²) < 4.78 is 6.18. The molecule has 1 saturated carbocycles. The molecule has 0 bridgehead atoms. The molecule has 3 fully saturated rings. The van der Waals surface area contributed by atoms with Crippen molar-refractivity contribution in [2.75, 3.05) is 68.8 Å². The molecule has 0 unspecified atom stereocenters. The minimum atomic E-state index is -0.0191. The Morgan fingerprint density at radius 3 is 2.55 bits per heavy atom. The van der Waals surface area contributed by atoms with Crippen molar-refractivity contribution in [3.05, 3.63) is 47.7 Å². The molecule has 0 radical (unpaired) electrons. The number of aromatic nitrogens is 2. The average Bonchev–Trinajstić information content (AvgIpc) is 3.84. The number of fused-ring (bicyclic) bond motifs is 1. The number of nitrogens with zero attached hydrogens (tertiary/aromatic N) is 6. The first-order valence-electron chi connectivity index (χ1n) is 15.1. The number of ether oxygens (including phenoxy) is 1. The Kier molecular flexibility index (Phi) is 8.09. The first-order chi connectivity index (χ1) is 19.6. The number of piperazine rings is 1. The lowest BCUT2D eigenvalue weighted by Crippen LogP contribution is -2.49. The fraction of sp³-hybridized carbons (Fsp3) is 0.581. The van der Waals surface area contributed by atoms with Crippen LogP contribution in [0.2, 0.25) is 0 Å². The number of phenolic OH excluding ortho intramolecular Hbond substituents is 1. The van der Waals surface area contributed by atoms with Crippen molar-refractivity contribution >= 4 is 17.4 Å². The molecule has 9 heteroatoms. The van der Waals surface area contributed by atoms with E-state index in [9.17, 15) is 9.90 Å². The largest absolute Gasteiger partial charge is 0.508 e. The molecule has 4 heterocycles. The number of piperidine rings is 1. The summed E-state index contributed by atoms with van der Waals surface area (Å²) in [6, 6.07) is 6.45. The SMILES string of the molecule is C=CC(=O)N1CCN(c2nc(OCCCN3CCCCC3)nc3c2CCN(c2cc(O)cc(C4CC4)c2)C3)CC1. The van der Waals surface area contributed by atoms with E-state index in [2.05, 4.69) is 27.3 Å². The molecule has 1 amide bonds. The lowest BCUT2D eigenvalue weighted by Gasteiger charge is -2.38. The van der Waals surface area contributed by atoms with Crippen LogP contribution in [0.4, 0.5) is 11.5 Å². The summed E-state index contributed by atoms with van der Waals surface area (Å²) in [7, 11) is 0. The van der Waals surface area contributed by atoms with Gasteiger partial charge >= 0.3 is 6.01 Å². The molecule has 9 nitrogen and oxygen atoms in total. The van der Waals surface area contributed by atoms with Gasteiger partial charge in [-0.1, -0.05) is 13.0 Å². The maximum Gasteiger partial charge on any atom is 0.318 e. The van der Waals surface area contributed by atoms with Gasteiger partial charge in [0.05, 0.1) is 18.8 Å². The molecule has 1 N–H and O–H groups in total. The number of carbonyl (C=O) groups excluding carboxylic acids is 1. The predicted octanol–water partition coefficient (Wildman–Crippen LogP) is 3.71. The third-order valence-corrected chi connectivity index (χ3v) is 8.73. The van der Waals surface area contributed by atoms with E-state index in [1.807, 2.05) is 17.0 Å². The molecular weight excluding hydrogens is 504 g/mol. The Balaban J connectivity index is 1.20. The maximum absolute atomic E-state index is 12.1. The van der Waals surface area contributed by atoms with Crippen LogP contribution in [0.5, 0.6) is 11.8 Å². The topological polar surface area (TPSA) is 85.3 Å². The first kappa shape index (κ1) is 26.9. The zero-order valence-electron chi connectivity index (χ0n) is 23.6. The Morgan fingerprint density at radius 1 is 1.00 bits per heavy atom. The third kappa shape index (κ3) is 6.19. The van der Waals surface area contributed by atoms with Gasteiger partial charge in [0.2, 0.25) is 5.91 Å². The van der Waals surface area contributed by atoms with Gasteiger partial charge in [0, 0.05) is 56.6 Å². The molecular formula is C31H42N6O3. The summed E-state index contributed by atoms with van der Waals surface area (Å²) >= 11 is 0. The van der Waals surface area contributed by atoms with Crippen molar-refractivity contribution in [3.63, 3.8) is 0 Å². The second kappa shape index (κ2) is 12.0. The van der Waals surface area contributed by atoms with Gasteiger partial charge in [-0.05, 0) is 81.3 Å². The highest BCUT2D eigenvalue weighted by Crippen LogP contribution is 2.43. The molecule has 0 atom stereocenters. The third-order valence-electron chi connectivity index (χ3n) is 8.73. The number of carbonyl (C=O) groups is 1. The number of benzene rings is 1. The van der Waals surface area contributed by atoms with Gasteiger partial charge in [-0.2, -0.15) is 9.97 Å². The Bertz CT molecular complexity index is 1220. The number of hydrogen-bond donors (Lipinski definition) is 1. The van der Waals surface area contributed by atoms with Gasteiger partial charge in [-0.3, -0.25) is 4.79 Å². The quantitative estimate of drug-likeness (QED) is 0.377. The second-order valence-electron chi connectivity index (χ2n) is 11.6. The van der Waals surface area contributed by atoms with E-state index in [0.29, 0.717) is 43.9 Å². The summed E-state index contributed by atoms with van der Waals surface area (Å²) in [5.74, 6) is 1.83. The number of anilines is 2. The van der Waals surface area contributed by atoms with Crippen molar-refractivity contribution in [2.45, 2.75) is 57.4 Å². The summed E-state index contributed by atoms with van der Waals surface area (Å²) in [5.41, 5.74) is 4.44. The van der Waals surface area contributed by atoms with Gasteiger partial charge < -0.3 is 29.4 Å². The standard InChI is InChI=1S/C31H42N6O3/c1-2-29(39)35-14-16-36(17-15-35)30-27-9-13-37(25-19-24(23-7-8-23)20-26(38)21-25)22-28(27)32-31(33-30)40-18-6-12-34-10-4-3-5-11-34/h2,19-21,23,38H,1,3-18,22H2. The molecule has 0 spiro atoms. The monoisotopic (exact) mass is 546 g/mol. The Labute approximate surface area is 237 Å². The van der Waals surface area contributed by atoms with E-state index >= 15 is 0 Å². The van der Waals surface area contributed by atoms with E-state index in [1.165, 1.54) is 62.4 Å². The normalized spacial score (nSPS) is 19.9. The highest BCUT2D eigenvalue weighted by molar-refractivity contribution is 5.87.